The standard InChI is InChI=1S/C32H35FN4O4S/c1-22-17-25(7-8-26(22)21-36-9-13-41-14-10-36)30-20-34-29-4-2-3-27(32(29)35-30)23-5-6-24(28(33)18-23)19-31(38)37-11-15-42(39,40)16-12-37/h2-8,17-18,20,39-40H,9-16,19,21H2,1H3. The molecule has 1 aromatic heterocycles. The lowest BCUT2D eigenvalue weighted by Gasteiger charge is -2.41. The van der Waals surface area contributed by atoms with Crippen molar-refractivity contribution in [1.29, 1.82) is 0 Å². The minimum absolute atomic E-state index is 0.0777. The molecule has 3 aromatic carbocycles. The van der Waals surface area contributed by atoms with Crippen LogP contribution < -0.4 is 0 Å². The first-order chi connectivity index (χ1) is 20.3. The largest absolute Gasteiger partial charge is 0.379 e. The number of fused-ring (bicyclic) bond motifs is 1. The number of rotatable bonds is 6. The zero-order valence-corrected chi connectivity index (χ0v) is 24.4. The first-order valence-electron chi connectivity index (χ1n) is 14.2. The van der Waals surface area contributed by atoms with Crippen molar-refractivity contribution in [3.63, 3.8) is 0 Å². The number of ether oxygens (including phenoxy) is 1. The van der Waals surface area contributed by atoms with Crippen molar-refractivity contribution in [2.45, 2.75) is 19.9 Å². The Balaban J connectivity index is 1.23. The van der Waals surface area contributed by atoms with Crippen molar-refractivity contribution in [2.75, 3.05) is 50.9 Å². The van der Waals surface area contributed by atoms with Gasteiger partial charge in [0.15, 0.2) is 0 Å². The molecule has 0 bridgehead atoms. The zero-order chi connectivity index (χ0) is 29.3. The van der Waals surface area contributed by atoms with Crippen LogP contribution >= 0.6 is 10.6 Å². The molecule has 2 saturated heterocycles. The lowest BCUT2D eigenvalue weighted by atomic mass is 9.99. The average molecular weight is 591 g/mol. The van der Waals surface area contributed by atoms with Crippen molar-refractivity contribution in [1.82, 2.24) is 19.8 Å². The Labute approximate surface area is 246 Å². The zero-order valence-electron chi connectivity index (χ0n) is 23.6. The summed E-state index contributed by atoms with van der Waals surface area (Å²) in [6.07, 6.45) is 1.70. The molecule has 0 atom stereocenters. The number of hydrogen-bond acceptors (Lipinski definition) is 7. The normalized spacial score (nSPS) is 18.2. The van der Waals surface area contributed by atoms with E-state index in [1.54, 1.807) is 17.2 Å². The molecule has 0 radical (unpaired) electrons. The number of nitrogens with zero attached hydrogens (tertiary/aromatic N) is 4. The first kappa shape index (κ1) is 28.7. The summed E-state index contributed by atoms with van der Waals surface area (Å²) in [5.74, 6) is -0.344. The van der Waals surface area contributed by atoms with E-state index in [1.807, 2.05) is 24.3 Å². The van der Waals surface area contributed by atoms with Crippen molar-refractivity contribution < 1.29 is 23.0 Å². The van der Waals surface area contributed by atoms with Gasteiger partial charge in [-0.1, -0.05) is 36.4 Å². The SMILES string of the molecule is Cc1cc(-c2cnc3cccc(-c4ccc(CC(=O)N5CCS(O)(O)CC5)c(F)c4)c3n2)ccc1CN1CCOCC1. The highest BCUT2D eigenvalue weighted by Crippen LogP contribution is 2.40. The minimum Gasteiger partial charge on any atom is -0.379 e. The molecule has 1 amide bonds. The predicted molar refractivity (Wildman–Crippen MR) is 164 cm³/mol. The van der Waals surface area contributed by atoms with Gasteiger partial charge in [-0.05, 0) is 47.4 Å². The summed E-state index contributed by atoms with van der Waals surface area (Å²) in [7, 11) is -2.60. The van der Waals surface area contributed by atoms with E-state index < -0.39 is 16.4 Å². The number of amides is 1. The molecule has 4 aromatic rings. The molecule has 10 heteroatoms. The number of benzene rings is 3. The molecule has 0 unspecified atom stereocenters. The van der Waals surface area contributed by atoms with Crippen LogP contribution in [0.5, 0.6) is 0 Å². The fourth-order valence-electron chi connectivity index (χ4n) is 5.55. The molecule has 0 spiro atoms. The molecule has 8 nitrogen and oxygen atoms in total. The van der Waals surface area contributed by atoms with Gasteiger partial charge in [0, 0.05) is 43.9 Å². The van der Waals surface area contributed by atoms with E-state index in [0.717, 1.165) is 49.7 Å². The van der Waals surface area contributed by atoms with Crippen LogP contribution in [0.3, 0.4) is 0 Å². The van der Waals surface area contributed by atoms with Gasteiger partial charge in [-0.25, -0.2) is 9.37 Å². The van der Waals surface area contributed by atoms with E-state index >= 15 is 4.39 Å². The number of carbonyl (C=O) groups excluding carboxylic acids is 1. The Kier molecular flexibility index (Phi) is 8.24. The number of aromatic nitrogens is 2. The van der Waals surface area contributed by atoms with Gasteiger partial charge >= 0.3 is 0 Å². The Hall–Kier alpha value is -3.41. The summed E-state index contributed by atoms with van der Waals surface area (Å²) in [5.41, 5.74) is 7.32. The van der Waals surface area contributed by atoms with E-state index in [-0.39, 0.29) is 36.9 Å². The summed E-state index contributed by atoms with van der Waals surface area (Å²) in [5, 5.41) is 0. The summed E-state index contributed by atoms with van der Waals surface area (Å²) < 4.78 is 40.4. The maximum atomic E-state index is 15.3. The lowest BCUT2D eigenvalue weighted by Crippen LogP contribution is -2.42. The molecule has 2 aliphatic heterocycles. The molecule has 2 fully saturated rings. The van der Waals surface area contributed by atoms with Crippen molar-refractivity contribution >= 4 is 27.5 Å². The number of aryl methyl sites for hydroxylation is 1. The van der Waals surface area contributed by atoms with Crippen molar-refractivity contribution in [3.05, 3.63) is 83.3 Å². The van der Waals surface area contributed by atoms with Gasteiger partial charge < -0.3 is 9.64 Å². The maximum Gasteiger partial charge on any atom is 0.227 e. The Morgan fingerprint density at radius 2 is 1.71 bits per heavy atom. The second-order valence-corrected chi connectivity index (χ2v) is 13.5. The maximum absolute atomic E-state index is 15.3. The average Bonchev–Trinajstić information content (AvgIpc) is 2.99. The molecule has 2 aliphatic rings. The Morgan fingerprint density at radius 3 is 2.45 bits per heavy atom. The summed E-state index contributed by atoms with van der Waals surface area (Å²) in [6.45, 7) is 6.97. The molecular weight excluding hydrogens is 555 g/mol. The van der Waals surface area contributed by atoms with E-state index in [1.165, 1.54) is 17.2 Å². The first-order valence-corrected chi connectivity index (χ1v) is 16.1. The highest BCUT2D eigenvalue weighted by Gasteiger charge is 2.26. The van der Waals surface area contributed by atoms with Gasteiger partial charge in [0.1, 0.15) is 5.82 Å². The lowest BCUT2D eigenvalue weighted by molar-refractivity contribution is -0.130. The fraction of sp³-hybridized carbons (Fsp3) is 0.344. The van der Waals surface area contributed by atoms with Gasteiger partial charge in [-0.2, -0.15) is 10.6 Å². The second kappa shape index (κ2) is 12.1. The fourth-order valence-corrected chi connectivity index (χ4v) is 6.78. The summed E-state index contributed by atoms with van der Waals surface area (Å²) in [4.78, 5) is 26.4. The van der Waals surface area contributed by atoms with Gasteiger partial charge in [0.2, 0.25) is 5.91 Å². The third kappa shape index (κ3) is 6.33. The van der Waals surface area contributed by atoms with Crippen molar-refractivity contribution in [2.24, 2.45) is 0 Å². The molecule has 3 heterocycles. The van der Waals surface area contributed by atoms with Crippen LogP contribution in [0.15, 0.2) is 60.8 Å². The quantitative estimate of drug-likeness (QED) is 0.311. The van der Waals surface area contributed by atoms with E-state index in [9.17, 15) is 13.9 Å². The summed E-state index contributed by atoms with van der Waals surface area (Å²) in [6, 6.07) is 17.0. The number of halogens is 1. The predicted octanol–water partition coefficient (Wildman–Crippen LogP) is 5.38. The number of carbonyl (C=O) groups is 1. The van der Waals surface area contributed by atoms with Crippen LogP contribution in [-0.4, -0.2) is 85.7 Å². The molecule has 0 aliphatic carbocycles. The Morgan fingerprint density at radius 1 is 0.976 bits per heavy atom. The topological polar surface area (TPSA) is 99.0 Å². The van der Waals surface area contributed by atoms with Crippen LogP contribution in [0.2, 0.25) is 0 Å². The number of hydrogen-bond donors (Lipinski definition) is 2. The Bertz CT molecular complexity index is 1620. The van der Waals surface area contributed by atoms with Gasteiger partial charge in [-0.3, -0.25) is 23.8 Å². The van der Waals surface area contributed by atoms with Crippen LogP contribution in [0, 0.1) is 12.7 Å². The van der Waals surface area contributed by atoms with Crippen LogP contribution in [-0.2, 0) is 22.5 Å². The van der Waals surface area contributed by atoms with Gasteiger partial charge in [0.25, 0.3) is 0 Å². The minimum atomic E-state index is -2.60. The van der Waals surface area contributed by atoms with Crippen molar-refractivity contribution in [3.8, 4) is 22.4 Å². The van der Waals surface area contributed by atoms with Crippen LogP contribution in [0.4, 0.5) is 4.39 Å². The molecular formula is C32H35FN4O4S. The molecule has 6 rings (SSSR count). The third-order valence-electron chi connectivity index (χ3n) is 8.14. The summed E-state index contributed by atoms with van der Waals surface area (Å²) >= 11 is 0. The molecule has 0 saturated carbocycles. The van der Waals surface area contributed by atoms with Crippen LogP contribution in [0.1, 0.15) is 16.7 Å². The highest BCUT2D eigenvalue weighted by molar-refractivity contribution is 8.24. The van der Waals surface area contributed by atoms with Crippen LogP contribution in [0.25, 0.3) is 33.4 Å². The van der Waals surface area contributed by atoms with Gasteiger partial charge in [0.05, 0.1) is 54.1 Å². The molecule has 2 N–H and O–H groups in total. The second-order valence-electron chi connectivity index (χ2n) is 11.0. The smallest absolute Gasteiger partial charge is 0.227 e. The van der Waals surface area contributed by atoms with Gasteiger partial charge in [-0.15, -0.1) is 0 Å². The van der Waals surface area contributed by atoms with E-state index in [2.05, 4.69) is 35.0 Å². The molecule has 42 heavy (non-hydrogen) atoms. The number of para-hydroxylation sites is 1. The van der Waals surface area contributed by atoms with E-state index in [4.69, 9.17) is 9.72 Å². The monoisotopic (exact) mass is 590 g/mol. The number of morpholine rings is 1. The highest BCUT2D eigenvalue weighted by atomic mass is 32.3. The van der Waals surface area contributed by atoms with E-state index in [0.29, 0.717) is 22.2 Å². The third-order valence-corrected chi connectivity index (χ3v) is 9.82. The molecule has 220 valence electrons.